The number of guanidine groups is 1. The lowest BCUT2D eigenvalue weighted by Gasteiger charge is -2.35. The van der Waals surface area contributed by atoms with Crippen molar-refractivity contribution in [1.29, 1.82) is 0 Å². The number of aromatic nitrogens is 1. The highest BCUT2D eigenvalue weighted by Crippen LogP contribution is 2.28. The Balaban J connectivity index is 0.00000300. The second-order valence-corrected chi connectivity index (χ2v) is 9.58. The van der Waals surface area contributed by atoms with E-state index in [2.05, 4.69) is 20.6 Å². The van der Waals surface area contributed by atoms with Gasteiger partial charge in [-0.2, -0.15) is 0 Å². The summed E-state index contributed by atoms with van der Waals surface area (Å²) < 4.78 is 42.5. The normalized spacial score (nSPS) is 17.0. The molecule has 1 aliphatic heterocycles. The fourth-order valence-corrected chi connectivity index (χ4v) is 4.81. The summed E-state index contributed by atoms with van der Waals surface area (Å²) in [5.74, 6) is 0.289. The molecular formula is C19H28FIN4O3S. The number of nitrogens with one attached hydrogen (secondary N) is 3. The van der Waals surface area contributed by atoms with Crippen LogP contribution in [0.1, 0.15) is 18.4 Å². The number of aliphatic imine (C=N–C) groups is 1. The molecule has 0 atom stereocenters. The number of H-pyrrole nitrogens is 1. The molecule has 7 nitrogen and oxygen atoms in total. The van der Waals surface area contributed by atoms with E-state index in [0.29, 0.717) is 45.1 Å². The summed E-state index contributed by atoms with van der Waals surface area (Å²) in [4.78, 5) is 7.27. The summed E-state index contributed by atoms with van der Waals surface area (Å²) in [6.07, 6.45) is 4.83. The molecule has 29 heavy (non-hydrogen) atoms. The van der Waals surface area contributed by atoms with Gasteiger partial charge < -0.3 is 20.4 Å². The number of benzene rings is 1. The highest BCUT2D eigenvalue weighted by Gasteiger charge is 2.42. The third kappa shape index (κ3) is 5.60. The zero-order valence-electron chi connectivity index (χ0n) is 16.6. The van der Waals surface area contributed by atoms with E-state index in [1.54, 1.807) is 13.1 Å². The van der Waals surface area contributed by atoms with Crippen molar-refractivity contribution in [3.05, 3.63) is 35.8 Å². The van der Waals surface area contributed by atoms with E-state index >= 15 is 0 Å². The van der Waals surface area contributed by atoms with Gasteiger partial charge in [-0.25, -0.2) is 12.8 Å². The van der Waals surface area contributed by atoms with Crippen LogP contribution in [0.2, 0.25) is 0 Å². The molecule has 1 saturated heterocycles. The van der Waals surface area contributed by atoms with Crippen molar-refractivity contribution in [3.8, 4) is 0 Å². The van der Waals surface area contributed by atoms with Crippen LogP contribution in [0.4, 0.5) is 4.39 Å². The zero-order chi connectivity index (χ0) is 20.2. The molecule has 10 heteroatoms. The molecule has 0 spiro atoms. The van der Waals surface area contributed by atoms with Gasteiger partial charge in [-0.1, -0.05) is 0 Å². The lowest BCUT2D eigenvalue weighted by molar-refractivity contribution is 0.0756. The van der Waals surface area contributed by atoms with Crippen LogP contribution < -0.4 is 10.6 Å². The van der Waals surface area contributed by atoms with E-state index in [-0.39, 0.29) is 29.8 Å². The third-order valence-electron chi connectivity index (χ3n) is 5.41. The summed E-state index contributed by atoms with van der Waals surface area (Å²) in [6.45, 7) is 1.80. The smallest absolute Gasteiger partial charge is 0.191 e. The molecule has 162 valence electrons. The van der Waals surface area contributed by atoms with Crippen molar-refractivity contribution in [2.45, 2.75) is 24.0 Å². The zero-order valence-corrected chi connectivity index (χ0v) is 19.8. The molecule has 3 rings (SSSR count). The topological polar surface area (TPSA) is 95.6 Å². The molecule has 3 N–H and O–H groups in total. The second-order valence-electron chi connectivity index (χ2n) is 7.17. The van der Waals surface area contributed by atoms with Gasteiger partial charge in [0.05, 0.1) is 4.75 Å². The van der Waals surface area contributed by atoms with Crippen LogP contribution in [0.25, 0.3) is 10.9 Å². The summed E-state index contributed by atoms with van der Waals surface area (Å²) in [5.41, 5.74) is 1.85. The van der Waals surface area contributed by atoms with E-state index in [0.717, 1.165) is 22.9 Å². The van der Waals surface area contributed by atoms with Gasteiger partial charge in [-0.15, -0.1) is 24.0 Å². The van der Waals surface area contributed by atoms with Crippen LogP contribution in [0.15, 0.2) is 29.4 Å². The molecule has 1 aromatic heterocycles. The van der Waals surface area contributed by atoms with Crippen molar-refractivity contribution >= 4 is 50.7 Å². The summed E-state index contributed by atoms with van der Waals surface area (Å²) >= 11 is 0. The Hall–Kier alpha value is -1.40. The largest absolute Gasteiger partial charge is 0.381 e. The molecule has 1 aromatic carbocycles. The first-order valence-electron chi connectivity index (χ1n) is 9.32. The van der Waals surface area contributed by atoms with Crippen molar-refractivity contribution in [2.24, 2.45) is 4.99 Å². The maximum Gasteiger partial charge on any atom is 0.191 e. The highest BCUT2D eigenvalue weighted by atomic mass is 127. The number of sulfone groups is 1. The van der Waals surface area contributed by atoms with E-state index < -0.39 is 14.6 Å². The molecule has 0 unspecified atom stereocenters. The van der Waals surface area contributed by atoms with Gasteiger partial charge in [0.25, 0.3) is 0 Å². The van der Waals surface area contributed by atoms with Crippen LogP contribution >= 0.6 is 24.0 Å². The summed E-state index contributed by atoms with van der Waals surface area (Å²) in [7, 11) is -1.58. The number of nitrogens with zero attached hydrogens (tertiary/aromatic N) is 1. The SMILES string of the molecule is CN=C(NCCc1c[nH]c2cc(F)ccc12)NCC1(S(C)(=O)=O)CCOCC1.I. The standard InChI is InChI=1S/C19H27FN4O3S.HI/c1-21-18(24-13-19(28(2,25)26)6-9-27-10-7-19)22-8-5-14-12-23-17-11-15(20)3-4-16(14)17;/h3-4,11-12,23H,5-10,13H2,1-2H3,(H2,21,22,24);1H. The van der Waals surface area contributed by atoms with E-state index in [1.807, 2.05) is 6.20 Å². The van der Waals surface area contributed by atoms with Crippen LogP contribution in [-0.4, -0.2) is 63.7 Å². The first-order valence-corrected chi connectivity index (χ1v) is 11.2. The minimum atomic E-state index is -3.24. The monoisotopic (exact) mass is 538 g/mol. The lowest BCUT2D eigenvalue weighted by Crippen LogP contribution is -2.53. The maximum atomic E-state index is 13.3. The van der Waals surface area contributed by atoms with Gasteiger partial charge in [0.1, 0.15) is 5.82 Å². The van der Waals surface area contributed by atoms with E-state index in [9.17, 15) is 12.8 Å². The van der Waals surface area contributed by atoms with E-state index in [1.165, 1.54) is 18.4 Å². The number of halogens is 2. The molecule has 0 amide bonds. The Labute approximate surface area is 187 Å². The Morgan fingerprint density at radius 2 is 2.03 bits per heavy atom. The quantitative estimate of drug-likeness (QED) is 0.298. The molecule has 1 fully saturated rings. The molecule has 1 aliphatic rings. The predicted octanol–water partition coefficient (Wildman–Crippen LogP) is 2.23. The Morgan fingerprint density at radius 3 is 2.69 bits per heavy atom. The number of ether oxygens (including phenoxy) is 1. The Bertz CT molecular complexity index is 956. The molecule has 0 bridgehead atoms. The molecule has 0 saturated carbocycles. The van der Waals surface area contributed by atoms with Gasteiger partial charge in [-0.3, -0.25) is 4.99 Å². The first kappa shape index (κ1) is 23.9. The van der Waals surface area contributed by atoms with Crippen molar-refractivity contribution in [1.82, 2.24) is 15.6 Å². The van der Waals surface area contributed by atoms with Crippen molar-refractivity contribution in [3.63, 3.8) is 0 Å². The molecule has 2 heterocycles. The first-order chi connectivity index (χ1) is 13.3. The average molecular weight is 538 g/mol. The average Bonchev–Trinajstić information content (AvgIpc) is 3.06. The summed E-state index contributed by atoms with van der Waals surface area (Å²) in [5, 5.41) is 7.37. The Morgan fingerprint density at radius 1 is 1.31 bits per heavy atom. The number of fused-ring (bicyclic) bond motifs is 1. The number of hydrogen-bond acceptors (Lipinski definition) is 4. The van der Waals surface area contributed by atoms with Gasteiger partial charge in [-0.05, 0) is 43.0 Å². The van der Waals surface area contributed by atoms with Gasteiger partial charge >= 0.3 is 0 Å². The Kier molecular flexibility index (Phi) is 8.29. The maximum absolute atomic E-state index is 13.3. The fraction of sp³-hybridized carbons (Fsp3) is 0.526. The van der Waals surface area contributed by atoms with Gasteiger partial charge in [0.15, 0.2) is 15.8 Å². The van der Waals surface area contributed by atoms with Crippen molar-refractivity contribution < 1.29 is 17.5 Å². The van der Waals surface area contributed by atoms with Gasteiger partial charge in [0, 0.05) is 56.7 Å². The molecule has 0 aliphatic carbocycles. The second kappa shape index (κ2) is 10.1. The van der Waals surface area contributed by atoms with Crippen LogP contribution in [0.3, 0.4) is 0 Å². The minimum Gasteiger partial charge on any atom is -0.381 e. The lowest BCUT2D eigenvalue weighted by atomic mass is 9.99. The van der Waals surface area contributed by atoms with Crippen LogP contribution in [0, 0.1) is 5.82 Å². The number of hydrogen-bond donors (Lipinski definition) is 3. The van der Waals surface area contributed by atoms with Crippen LogP contribution in [-0.2, 0) is 21.0 Å². The fourth-order valence-electron chi connectivity index (χ4n) is 3.57. The minimum absolute atomic E-state index is 0. The summed E-state index contributed by atoms with van der Waals surface area (Å²) in [6, 6.07) is 4.70. The van der Waals surface area contributed by atoms with Crippen molar-refractivity contribution in [2.75, 3.05) is 39.6 Å². The number of aromatic amines is 1. The highest BCUT2D eigenvalue weighted by molar-refractivity contribution is 14.0. The third-order valence-corrected chi connectivity index (χ3v) is 7.53. The van der Waals surface area contributed by atoms with Gasteiger partial charge in [0.2, 0.25) is 0 Å². The predicted molar refractivity (Wildman–Crippen MR) is 124 cm³/mol. The molecular weight excluding hydrogens is 510 g/mol. The molecule has 0 radical (unpaired) electrons. The van der Waals surface area contributed by atoms with Crippen LogP contribution in [0.5, 0.6) is 0 Å². The molecule has 2 aromatic rings. The number of rotatable bonds is 6. The van der Waals surface area contributed by atoms with E-state index in [4.69, 9.17) is 4.74 Å².